The third-order valence-corrected chi connectivity index (χ3v) is 3.34. The first-order valence-corrected chi connectivity index (χ1v) is 6.65. The van der Waals surface area contributed by atoms with Crippen molar-refractivity contribution in [2.75, 3.05) is 0 Å². The highest BCUT2D eigenvalue weighted by atomic mass is 35.5. The Morgan fingerprint density at radius 2 is 1.89 bits per heavy atom. The van der Waals surface area contributed by atoms with Crippen LogP contribution in [0.5, 0.6) is 11.5 Å². The second-order valence-electron chi connectivity index (χ2n) is 4.70. The van der Waals surface area contributed by atoms with E-state index in [0.29, 0.717) is 22.3 Å². The van der Waals surface area contributed by atoms with E-state index in [0.717, 1.165) is 5.75 Å². The zero-order chi connectivity index (χ0) is 13.8. The van der Waals surface area contributed by atoms with E-state index in [1.165, 1.54) is 5.56 Å². The Hall–Kier alpha value is -1.51. The van der Waals surface area contributed by atoms with Crippen molar-refractivity contribution in [2.24, 2.45) is 0 Å². The number of rotatable bonds is 4. The van der Waals surface area contributed by atoms with Gasteiger partial charge in [-0.25, -0.2) is 0 Å². The Labute approximate surface area is 118 Å². The topological polar surface area (TPSA) is 29.5 Å². The molecule has 0 saturated carbocycles. The lowest BCUT2D eigenvalue weighted by molar-refractivity contribution is 0.276. The van der Waals surface area contributed by atoms with Crippen LogP contribution in [-0.4, -0.2) is 5.11 Å². The average molecular weight is 277 g/mol. The van der Waals surface area contributed by atoms with Gasteiger partial charge >= 0.3 is 0 Å². The smallest absolute Gasteiger partial charge is 0.134 e. The van der Waals surface area contributed by atoms with Crippen molar-refractivity contribution >= 4 is 11.6 Å². The van der Waals surface area contributed by atoms with Crippen molar-refractivity contribution in [1.29, 1.82) is 0 Å². The van der Waals surface area contributed by atoms with Crippen molar-refractivity contribution < 1.29 is 9.84 Å². The maximum atomic E-state index is 9.36. The molecule has 0 amide bonds. The van der Waals surface area contributed by atoms with Crippen LogP contribution in [-0.2, 0) is 6.61 Å². The maximum absolute atomic E-state index is 9.36. The summed E-state index contributed by atoms with van der Waals surface area (Å²) in [5.74, 6) is 1.79. The second-order valence-corrected chi connectivity index (χ2v) is 5.11. The molecular weight excluding hydrogens is 260 g/mol. The van der Waals surface area contributed by atoms with E-state index in [2.05, 4.69) is 19.9 Å². The molecule has 0 spiro atoms. The van der Waals surface area contributed by atoms with Gasteiger partial charge in [-0.1, -0.05) is 43.6 Å². The summed E-state index contributed by atoms with van der Waals surface area (Å²) in [5.41, 5.74) is 1.82. The van der Waals surface area contributed by atoms with Gasteiger partial charge in [-0.3, -0.25) is 0 Å². The molecule has 0 radical (unpaired) electrons. The Kier molecular flexibility index (Phi) is 4.46. The SMILES string of the molecule is CC(C)c1cccc(Oc2cccc(Cl)c2CO)c1. The van der Waals surface area contributed by atoms with Gasteiger partial charge < -0.3 is 9.84 Å². The van der Waals surface area contributed by atoms with Gasteiger partial charge in [-0.15, -0.1) is 0 Å². The molecule has 0 saturated heterocycles. The number of hydrogen-bond acceptors (Lipinski definition) is 2. The van der Waals surface area contributed by atoms with Crippen LogP contribution < -0.4 is 4.74 Å². The van der Waals surface area contributed by atoms with Crippen LogP contribution in [0.25, 0.3) is 0 Å². The second kappa shape index (κ2) is 6.09. The average Bonchev–Trinajstić information content (AvgIpc) is 2.39. The lowest BCUT2D eigenvalue weighted by atomic mass is 10.0. The van der Waals surface area contributed by atoms with Gasteiger partial charge in [-0.05, 0) is 35.7 Å². The number of aliphatic hydroxyl groups excluding tert-OH is 1. The van der Waals surface area contributed by atoms with Gasteiger partial charge in [0.15, 0.2) is 0 Å². The van der Waals surface area contributed by atoms with Crippen LogP contribution in [0, 0.1) is 0 Å². The van der Waals surface area contributed by atoms with Gasteiger partial charge in [0.2, 0.25) is 0 Å². The molecule has 2 aromatic carbocycles. The molecule has 0 heterocycles. The molecule has 0 unspecified atom stereocenters. The summed E-state index contributed by atoms with van der Waals surface area (Å²) in [6, 6.07) is 13.3. The van der Waals surface area contributed by atoms with Crippen LogP contribution >= 0.6 is 11.6 Å². The molecule has 19 heavy (non-hydrogen) atoms. The van der Waals surface area contributed by atoms with E-state index in [1.807, 2.05) is 24.3 Å². The zero-order valence-corrected chi connectivity index (χ0v) is 11.8. The quantitative estimate of drug-likeness (QED) is 0.873. The standard InChI is InChI=1S/C16H17ClO2/c1-11(2)12-5-3-6-13(9-12)19-16-8-4-7-15(17)14(16)10-18/h3-9,11,18H,10H2,1-2H3. The molecule has 0 aliphatic rings. The summed E-state index contributed by atoms with van der Waals surface area (Å²) in [5, 5.41) is 9.87. The van der Waals surface area contributed by atoms with Gasteiger partial charge in [0.05, 0.1) is 6.61 Å². The predicted octanol–water partition coefficient (Wildman–Crippen LogP) is 4.75. The molecule has 0 aliphatic heterocycles. The molecule has 2 rings (SSSR count). The fraction of sp³-hybridized carbons (Fsp3) is 0.250. The van der Waals surface area contributed by atoms with Crippen molar-refractivity contribution in [3.8, 4) is 11.5 Å². The van der Waals surface area contributed by atoms with E-state index >= 15 is 0 Å². The van der Waals surface area contributed by atoms with E-state index in [4.69, 9.17) is 16.3 Å². The fourth-order valence-corrected chi connectivity index (χ4v) is 2.08. The molecular formula is C16H17ClO2. The molecule has 3 heteroatoms. The Bertz CT molecular complexity index is 564. The first-order chi connectivity index (χ1) is 9.11. The summed E-state index contributed by atoms with van der Waals surface area (Å²) >= 11 is 6.04. The number of hydrogen-bond donors (Lipinski definition) is 1. The van der Waals surface area contributed by atoms with Crippen molar-refractivity contribution in [1.82, 2.24) is 0 Å². The summed E-state index contributed by atoms with van der Waals surface area (Å²) in [7, 11) is 0. The molecule has 2 aromatic rings. The number of benzene rings is 2. The summed E-state index contributed by atoms with van der Waals surface area (Å²) in [4.78, 5) is 0. The van der Waals surface area contributed by atoms with Crippen molar-refractivity contribution in [3.63, 3.8) is 0 Å². The maximum Gasteiger partial charge on any atom is 0.134 e. The number of ether oxygens (including phenoxy) is 1. The molecule has 0 aromatic heterocycles. The first kappa shape index (κ1) is 13.9. The summed E-state index contributed by atoms with van der Waals surface area (Å²) < 4.78 is 5.83. The van der Waals surface area contributed by atoms with Gasteiger partial charge in [0.1, 0.15) is 11.5 Å². The molecule has 100 valence electrons. The summed E-state index contributed by atoms with van der Waals surface area (Å²) in [6.07, 6.45) is 0. The van der Waals surface area contributed by atoms with Gasteiger partial charge in [-0.2, -0.15) is 0 Å². The van der Waals surface area contributed by atoms with Crippen LogP contribution in [0.2, 0.25) is 5.02 Å². The third kappa shape index (κ3) is 3.28. The third-order valence-electron chi connectivity index (χ3n) is 2.99. The molecule has 0 bridgehead atoms. The van der Waals surface area contributed by atoms with Crippen LogP contribution in [0.3, 0.4) is 0 Å². The number of halogens is 1. The minimum atomic E-state index is -0.140. The van der Waals surface area contributed by atoms with Crippen LogP contribution in [0.1, 0.15) is 30.9 Å². The highest BCUT2D eigenvalue weighted by Crippen LogP contribution is 2.31. The highest BCUT2D eigenvalue weighted by molar-refractivity contribution is 6.31. The largest absolute Gasteiger partial charge is 0.457 e. The minimum absolute atomic E-state index is 0.140. The highest BCUT2D eigenvalue weighted by Gasteiger charge is 2.09. The van der Waals surface area contributed by atoms with Crippen molar-refractivity contribution in [3.05, 3.63) is 58.6 Å². The van der Waals surface area contributed by atoms with E-state index in [9.17, 15) is 5.11 Å². The van der Waals surface area contributed by atoms with E-state index in [-0.39, 0.29) is 6.61 Å². The fourth-order valence-electron chi connectivity index (χ4n) is 1.85. The van der Waals surface area contributed by atoms with Crippen LogP contribution in [0.4, 0.5) is 0 Å². The molecule has 1 N–H and O–H groups in total. The molecule has 2 nitrogen and oxygen atoms in total. The Morgan fingerprint density at radius 3 is 2.58 bits per heavy atom. The van der Waals surface area contributed by atoms with Crippen molar-refractivity contribution in [2.45, 2.75) is 26.4 Å². The zero-order valence-electron chi connectivity index (χ0n) is 11.1. The van der Waals surface area contributed by atoms with E-state index in [1.54, 1.807) is 12.1 Å². The molecule has 0 fully saturated rings. The molecule has 0 aliphatic carbocycles. The Balaban J connectivity index is 2.31. The lowest BCUT2D eigenvalue weighted by Gasteiger charge is -2.12. The molecule has 0 atom stereocenters. The normalized spacial score (nSPS) is 10.8. The lowest BCUT2D eigenvalue weighted by Crippen LogP contribution is -1.94. The van der Waals surface area contributed by atoms with Gasteiger partial charge in [0.25, 0.3) is 0 Å². The monoisotopic (exact) mass is 276 g/mol. The predicted molar refractivity (Wildman–Crippen MR) is 78.0 cm³/mol. The van der Waals surface area contributed by atoms with E-state index < -0.39 is 0 Å². The summed E-state index contributed by atoms with van der Waals surface area (Å²) in [6.45, 7) is 4.13. The number of aliphatic hydroxyl groups is 1. The van der Waals surface area contributed by atoms with Crippen LogP contribution in [0.15, 0.2) is 42.5 Å². The first-order valence-electron chi connectivity index (χ1n) is 6.28. The minimum Gasteiger partial charge on any atom is -0.457 e. The van der Waals surface area contributed by atoms with Gasteiger partial charge in [0, 0.05) is 10.6 Å². The Morgan fingerprint density at radius 1 is 1.16 bits per heavy atom.